The van der Waals surface area contributed by atoms with Gasteiger partial charge >= 0.3 is 0 Å². The van der Waals surface area contributed by atoms with Crippen molar-refractivity contribution < 1.29 is 9.59 Å². The Balaban J connectivity index is 1.85. The fourth-order valence-electron chi connectivity index (χ4n) is 3.46. The second-order valence-corrected chi connectivity index (χ2v) is 6.35. The second-order valence-electron chi connectivity index (χ2n) is 6.35. The summed E-state index contributed by atoms with van der Waals surface area (Å²) in [7, 11) is 0. The Morgan fingerprint density at radius 1 is 1.08 bits per heavy atom. The van der Waals surface area contributed by atoms with E-state index in [0.29, 0.717) is 35.4 Å². The molecule has 6 heteroatoms. The lowest BCUT2D eigenvalue weighted by Crippen LogP contribution is -2.43. The Morgan fingerprint density at radius 2 is 1.88 bits per heavy atom. The van der Waals surface area contributed by atoms with Gasteiger partial charge in [-0.1, -0.05) is 24.3 Å². The summed E-state index contributed by atoms with van der Waals surface area (Å²) in [5.41, 5.74) is 8.04. The molecule has 1 aliphatic rings. The number of primary amides is 1. The topological polar surface area (TPSA) is 89.2 Å². The van der Waals surface area contributed by atoms with Gasteiger partial charge in [0.05, 0.1) is 22.5 Å². The first kappa shape index (κ1) is 16.2. The zero-order chi connectivity index (χ0) is 18.1. The summed E-state index contributed by atoms with van der Waals surface area (Å²) in [6.07, 6.45) is 3.07. The number of likely N-dealkylation sites (tertiary alicyclic amines) is 1. The Labute approximate surface area is 150 Å². The first-order valence-corrected chi connectivity index (χ1v) is 8.56. The van der Waals surface area contributed by atoms with Crippen LogP contribution in [0, 0.1) is 0 Å². The molecule has 3 aromatic rings. The molecule has 0 aliphatic carbocycles. The number of para-hydroxylation sites is 1. The average molecular weight is 346 g/mol. The van der Waals surface area contributed by atoms with Crippen molar-refractivity contribution in [1.29, 1.82) is 0 Å². The number of hydrogen-bond donors (Lipinski definition) is 1. The standard InChI is InChI=1S/C20H18N4O2/c21-19(25)18-9-5-11-24(18)20(26)14-12-17(16-8-3-4-10-22-16)23-15-7-2-1-6-13(14)15/h1-4,6-8,10,12,18H,5,9,11H2,(H2,21,25). The van der Waals surface area contributed by atoms with E-state index >= 15 is 0 Å². The predicted octanol–water partition coefficient (Wildman–Crippen LogP) is 2.39. The average Bonchev–Trinajstić information content (AvgIpc) is 3.17. The van der Waals surface area contributed by atoms with Crippen LogP contribution in [-0.4, -0.2) is 39.3 Å². The van der Waals surface area contributed by atoms with Gasteiger partial charge in [0.1, 0.15) is 6.04 Å². The number of fused-ring (bicyclic) bond motifs is 1. The van der Waals surface area contributed by atoms with E-state index < -0.39 is 11.9 Å². The van der Waals surface area contributed by atoms with Gasteiger partial charge in [-0.3, -0.25) is 14.6 Å². The number of carbonyl (C=O) groups excluding carboxylic acids is 2. The van der Waals surface area contributed by atoms with Gasteiger partial charge in [-0.25, -0.2) is 4.98 Å². The molecule has 6 nitrogen and oxygen atoms in total. The monoisotopic (exact) mass is 346 g/mol. The molecular formula is C20H18N4O2. The van der Waals surface area contributed by atoms with E-state index in [1.807, 2.05) is 42.5 Å². The van der Waals surface area contributed by atoms with Crippen LogP contribution in [0.4, 0.5) is 0 Å². The lowest BCUT2D eigenvalue weighted by Gasteiger charge is -2.23. The molecule has 0 spiro atoms. The van der Waals surface area contributed by atoms with Crippen molar-refractivity contribution in [2.45, 2.75) is 18.9 Å². The zero-order valence-corrected chi connectivity index (χ0v) is 14.1. The minimum atomic E-state index is -0.548. The predicted molar refractivity (Wildman–Crippen MR) is 98.2 cm³/mol. The fourth-order valence-corrected chi connectivity index (χ4v) is 3.46. The van der Waals surface area contributed by atoms with E-state index in [2.05, 4.69) is 9.97 Å². The molecule has 1 atom stereocenters. The number of amides is 2. The second kappa shape index (κ2) is 6.55. The number of aromatic nitrogens is 2. The van der Waals surface area contributed by atoms with Crippen molar-refractivity contribution >= 4 is 22.7 Å². The highest BCUT2D eigenvalue weighted by molar-refractivity contribution is 6.08. The van der Waals surface area contributed by atoms with Gasteiger partial charge in [0.15, 0.2) is 0 Å². The van der Waals surface area contributed by atoms with E-state index in [9.17, 15) is 9.59 Å². The van der Waals surface area contributed by atoms with E-state index in [-0.39, 0.29) is 5.91 Å². The maximum absolute atomic E-state index is 13.2. The number of rotatable bonds is 3. The summed E-state index contributed by atoms with van der Waals surface area (Å²) in [5.74, 6) is -0.652. The van der Waals surface area contributed by atoms with Crippen molar-refractivity contribution in [3.05, 3.63) is 60.3 Å². The molecule has 0 bridgehead atoms. The first-order valence-electron chi connectivity index (χ1n) is 8.56. The van der Waals surface area contributed by atoms with Crippen molar-refractivity contribution in [2.24, 2.45) is 5.73 Å². The normalized spacial score (nSPS) is 16.8. The molecule has 26 heavy (non-hydrogen) atoms. The van der Waals surface area contributed by atoms with Gasteiger partial charge in [0.25, 0.3) is 5.91 Å². The van der Waals surface area contributed by atoms with Gasteiger partial charge in [-0.2, -0.15) is 0 Å². The third-order valence-corrected chi connectivity index (χ3v) is 4.72. The number of hydrogen-bond acceptors (Lipinski definition) is 4. The van der Waals surface area contributed by atoms with E-state index in [4.69, 9.17) is 5.73 Å². The van der Waals surface area contributed by atoms with Crippen molar-refractivity contribution in [1.82, 2.24) is 14.9 Å². The molecule has 0 radical (unpaired) electrons. The van der Waals surface area contributed by atoms with E-state index in [1.54, 1.807) is 17.2 Å². The minimum absolute atomic E-state index is 0.193. The Bertz CT molecular complexity index is 988. The van der Waals surface area contributed by atoms with Crippen LogP contribution >= 0.6 is 0 Å². The molecule has 4 rings (SSSR count). The first-order chi connectivity index (χ1) is 12.6. The Kier molecular flexibility index (Phi) is 4.08. The number of carbonyl (C=O) groups is 2. The van der Waals surface area contributed by atoms with Gasteiger partial charge in [0, 0.05) is 18.1 Å². The van der Waals surface area contributed by atoms with Crippen LogP contribution in [0.2, 0.25) is 0 Å². The maximum atomic E-state index is 13.2. The molecule has 1 unspecified atom stereocenters. The molecule has 1 saturated heterocycles. The van der Waals surface area contributed by atoms with Crippen LogP contribution in [0.1, 0.15) is 23.2 Å². The summed E-state index contributed by atoms with van der Waals surface area (Å²) in [6.45, 7) is 0.530. The van der Waals surface area contributed by atoms with Gasteiger partial charge in [0.2, 0.25) is 5.91 Å². The minimum Gasteiger partial charge on any atom is -0.368 e. The van der Waals surface area contributed by atoms with Crippen LogP contribution < -0.4 is 5.73 Å². The molecule has 1 aromatic carbocycles. The van der Waals surface area contributed by atoms with Crippen molar-refractivity contribution in [2.75, 3.05) is 6.54 Å². The molecule has 1 fully saturated rings. The molecule has 130 valence electrons. The van der Waals surface area contributed by atoms with Crippen LogP contribution in [0.15, 0.2) is 54.7 Å². The Morgan fingerprint density at radius 3 is 2.65 bits per heavy atom. The molecule has 1 aliphatic heterocycles. The van der Waals surface area contributed by atoms with Gasteiger partial charge in [-0.05, 0) is 37.1 Å². The lowest BCUT2D eigenvalue weighted by atomic mass is 10.0. The van der Waals surface area contributed by atoms with Crippen LogP contribution in [-0.2, 0) is 4.79 Å². The van der Waals surface area contributed by atoms with Crippen LogP contribution in [0.25, 0.3) is 22.3 Å². The third-order valence-electron chi connectivity index (χ3n) is 4.72. The van der Waals surface area contributed by atoms with Crippen LogP contribution in [0.3, 0.4) is 0 Å². The zero-order valence-electron chi connectivity index (χ0n) is 14.1. The highest BCUT2D eigenvalue weighted by Crippen LogP contribution is 2.27. The summed E-state index contributed by atoms with van der Waals surface area (Å²) in [6, 6.07) is 14.3. The molecule has 3 heterocycles. The molecule has 2 amide bonds. The van der Waals surface area contributed by atoms with Crippen LogP contribution in [0.5, 0.6) is 0 Å². The molecule has 2 aromatic heterocycles. The van der Waals surface area contributed by atoms with Crippen molar-refractivity contribution in [3.8, 4) is 11.4 Å². The summed E-state index contributed by atoms with van der Waals surface area (Å²) in [4.78, 5) is 35.5. The number of benzene rings is 1. The smallest absolute Gasteiger partial charge is 0.255 e. The van der Waals surface area contributed by atoms with E-state index in [0.717, 1.165) is 11.8 Å². The highest BCUT2D eigenvalue weighted by atomic mass is 16.2. The highest BCUT2D eigenvalue weighted by Gasteiger charge is 2.34. The Hall–Kier alpha value is -3.28. The quantitative estimate of drug-likeness (QED) is 0.788. The largest absolute Gasteiger partial charge is 0.368 e. The number of nitrogens with two attached hydrogens (primary N) is 1. The third kappa shape index (κ3) is 2.79. The molecule has 0 saturated carbocycles. The lowest BCUT2D eigenvalue weighted by molar-refractivity contribution is -0.121. The van der Waals surface area contributed by atoms with Gasteiger partial charge in [-0.15, -0.1) is 0 Å². The summed E-state index contributed by atoms with van der Waals surface area (Å²) in [5, 5.41) is 0.757. The fraction of sp³-hybridized carbons (Fsp3) is 0.200. The maximum Gasteiger partial charge on any atom is 0.255 e. The van der Waals surface area contributed by atoms with Gasteiger partial charge < -0.3 is 10.6 Å². The SMILES string of the molecule is NC(=O)C1CCCN1C(=O)c1cc(-c2ccccn2)nc2ccccc12. The van der Waals surface area contributed by atoms with Crippen molar-refractivity contribution in [3.63, 3.8) is 0 Å². The number of pyridine rings is 2. The molecular weight excluding hydrogens is 328 g/mol. The number of nitrogens with zero attached hydrogens (tertiary/aromatic N) is 3. The summed E-state index contributed by atoms with van der Waals surface area (Å²) >= 11 is 0. The van der Waals surface area contributed by atoms with E-state index in [1.165, 1.54) is 0 Å². The molecule has 2 N–H and O–H groups in total. The summed E-state index contributed by atoms with van der Waals surface area (Å²) < 4.78 is 0.